The van der Waals surface area contributed by atoms with Crippen LogP contribution in [-0.4, -0.2) is 29.0 Å². The van der Waals surface area contributed by atoms with Crippen LogP contribution in [0.3, 0.4) is 0 Å². The summed E-state index contributed by atoms with van der Waals surface area (Å²) in [6.07, 6.45) is 0. The standard InChI is InChI=1S/C14H18O4S/c1-14(2,3)13(15)9-19(16)10-4-5-11-12(8-10)18-7-6-17-11/h4-5,8H,6-7,9H2,1-3H3. The van der Waals surface area contributed by atoms with Crippen LogP contribution < -0.4 is 9.47 Å². The van der Waals surface area contributed by atoms with E-state index in [1.165, 1.54) is 0 Å². The Hall–Kier alpha value is -1.36. The summed E-state index contributed by atoms with van der Waals surface area (Å²) in [6.45, 7) is 6.50. The van der Waals surface area contributed by atoms with Crippen LogP contribution >= 0.6 is 0 Å². The summed E-state index contributed by atoms with van der Waals surface area (Å²) in [5, 5.41) is 0. The van der Waals surface area contributed by atoms with Gasteiger partial charge in [0.2, 0.25) is 0 Å². The minimum Gasteiger partial charge on any atom is -0.486 e. The Bertz CT molecular complexity index is 517. The summed E-state index contributed by atoms with van der Waals surface area (Å²) in [4.78, 5) is 12.5. The summed E-state index contributed by atoms with van der Waals surface area (Å²) < 4.78 is 23.0. The fourth-order valence-electron chi connectivity index (χ4n) is 1.58. The molecule has 1 unspecified atom stereocenters. The molecule has 1 aliphatic rings. The number of hydrogen-bond donors (Lipinski definition) is 0. The van der Waals surface area contributed by atoms with Crippen molar-refractivity contribution in [2.45, 2.75) is 25.7 Å². The van der Waals surface area contributed by atoms with Gasteiger partial charge in [0.05, 0.1) is 16.6 Å². The molecular weight excluding hydrogens is 264 g/mol. The summed E-state index contributed by atoms with van der Waals surface area (Å²) in [5.74, 6) is 1.28. The van der Waals surface area contributed by atoms with Gasteiger partial charge in [0, 0.05) is 16.4 Å². The molecule has 4 nitrogen and oxygen atoms in total. The fraction of sp³-hybridized carbons (Fsp3) is 0.500. The molecule has 104 valence electrons. The van der Waals surface area contributed by atoms with Crippen molar-refractivity contribution in [2.24, 2.45) is 5.41 Å². The smallest absolute Gasteiger partial charge is 0.162 e. The lowest BCUT2D eigenvalue weighted by molar-refractivity contribution is -0.123. The van der Waals surface area contributed by atoms with Crippen LogP contribution in [-0.2, 0) is 15.6 Å². The van der Waals surface area contributed by atoms with Crippen LogP contribution in [0, 0.1) is 5.41 Å². The molecule has 1 aromatic rings. The topological polar surface area (TPSA) is 52.6 Å². The molecule has 0 spiro atoms. The maximum absolute atomic E-state index is 12.2. The van der Waals surface area contributed by atoms with Gasteiger partial charge in [-0.15, -0.1) is 0 Å². The van der Waals surface area contributed by atoms with Crippen LogP contribution in [0.15, 0.2) is 23.1 Å². The number of ether oxygens (including phenoxy) is 2. The Kier molecular flexibility index (Phi) is 3.94. The van der Waals surface area contributed by atoms with Crippen molar-refractivity contribution in [2.75, 3.05) is 19.0 Å². The highest BCUT2D eigenvalue weighted by Gasteiger charge is 2.24. The molecule has 5 heteroatoms. The molecule has 0 aliphatic carbocycles. The number of fused-ring (bicyclic) bond motifs is 1. The average molecular weight is 282 g/mol. The van der Waals surface area contributed by atoms with Crippen molar-refractivity contribution in [3.8, 4) is 11.5 Å². The highest BCUT2D eigenvalue weighted by molar-refractivity contribution is 7.85. The van der Waals surface area contributed by atoms with E-state index < -0.39 is 16.2 Å². The molecule has 1 aromatic carbocycles. The Morgan fingerprint density at radius 3 is 2.47 bits per heavy atom. The first-order valence-corrected chi connectivity index (χ1v) is 7.51. The van der Waals surface area contributed by atoms with E-state index in [4.69, 9.17) is 9.47 Å². The number of carbonyl (C=O) groups is 1. The van der Waals surface area contributed by atoms with Gasteiger partial charge in [0.15, 0.2) is 17.3 Å². The normalized spacial score (nSPS) is 15.9. The Labute approximate surface area is 115 Å². The van der Waals surface area contributed by atoms with Gasteiger partial charge in [0.25, 0.3) is 0 Å². The van der Waals surface area contributed by atoms with Gasteiger partial charge < -0.3 is 9.47 Å². The second-order valence-electron chi connectivity index (χ2n) is 5.47. The van der Waals surface area contributed by atoms with Crippen molar-refractivity contribution in [1.29, 1.82) is 0 Å². The molecule has 0 radical (unpaired) electrons. The molecule has 0 fully saturated rings. The molecule has 19 heavy (non-hydrogen) atoms. The number of hydrogen-bond acceptors (Lipinski definition) is 4. The van der Waals surface area contributed by atoms with Gasteiger partial charge in [-0.3, -0.25) is 9.00 Å². The van der Waals surface area contributed by atoms with Crippen molar-refractivity contribution in [3.63, 3.8) is 0 Å². The predicted molar refractivity (Wildman–Crippen MR) is 73.2 cm³/mol. The van der Waals surface area contributed by atoms with Gasteiger partial charge in [-0.05, 0) is 12.1 Å². The third-order valence-electron chi connectivity index (χ3n) is 2.88. The number of rotatable bonds is 3. The fourth-order valence-corrected chi connectivity index (χ4v) is 2.88. The van der Waals surface area contributed by atoms with E-state index in [1.54, 1.807) is 18.2 Å². The van der Waals surface area contributed by atoms with Gasteiger partial charge in [-0.2, -0.15) is 0 Å². The molecule has 0 bridgehead atoms. The predicted octanol–water partition coefficient (Wildman–Crippen LogP) is 2.18. The third kappa shape index (κ3) is 3.35. The molecular formula is C14H18O4S. The Morgan fingerprint density at radius 2 is 1.84 bits per heavy atom. The van der Waals surface area contributed by atoms with E-state index in [0.717, 1.165) is 0 Å². The van der Waals surface area contributed by atoms with Crippen LogP contribution in [0.1, 0.15) is 20.8 Å². The summed E-state index contributed by atoms with van der Waals surface area (Å²) in [6, 6.07) is 5.16. The second-order valence-corrected chi connectivity index (χ2v) is 6.92. The van der Waals surface area contributed by atoms with E-state index in [0.29, 0.717) is 29.6 Å². The molecule has 2 rings (SSSR count). The van der Waals surface area contributed by atoms with E-state index >= 15 is 0 Å². The number of carbonyl (C=O) groups excluding carboxylic acids is 1. The third-order valence-corrected chi connectivity index (χ3v) is 4.18. The zero-order valence-corrected chi connectivity index (χ0v) is 12.2. The van der Waals surface area contributed by atoms with Crippen molar-refractivity contribution < 1.29 is 18.5 Å². The molecule has 1 heterocycles. The van der Waals surface area contributed by atoms with Gasteiger partial charge in [-0.1, -0.05) is 20.8 Å². The van der Waals surface area contributed by atoms with Crippen LogP contribution in [0.5, 0.6) is 11.5 Å². The summed E-state index contributed by atoms with van der Waals surface area (Å²) in [7, 11) is -1.34. The van der Waals surface area contributed by atoms with Crippen molar-refractivity contribution >= 4 is 16.6 Å². The van der Waals surface area contributed by atoms with E-state index in [1.807, 2.05) is 20.8 Å². The zero-order chi connectivity index (χ0) is 14.0. The number of ketones is 1. The van der Waals surface area contributed by atoms with Crippen molar-refractivity contribution in [1.82, 2.24) is 0 Å². The molecule has 1 aliphatic heterocycles. The monoisotopic (exact) mass is 282 g/mol. The minimum atomic E-state index is -1.34. The lowest BCUT2D eigenvalue weighted by atomic mass is 9.92. The van der Waals surface area contributed by atoms with Gasteiger partial charge in [-0.25, -0.2) is 0 Å². The summed E-state index contributed by atoms with van der Waals surface area (Å²) >= 11 is 0. The lowest BCUT2D eigenvalue weighted by Gasteiger charge is -2.19. The first-order valence-electron chi connectivity index (χ1n) is 6.19. The van der Waals surface area contributed by atoms with Crippen LogP contribution in [0.4, 0.5) is 0 Å². The quantitative estimate of drug-likeness (QED) is 0.852. The highest BCUT2D eigenvalue weighted by Crippen LogP contribution is 2.32. The average Bonchev–Trinajstić information content (AvgIpc) is 2.37. The maximum Gasteiger partial charge on any atom is 0.162 e. The molecule has 0 saturated heterocycles. The van der Waals surface area contributed by atoms with Crippen LogP contribution in [0.2, 0.25) is 0 Å². The Morgan fingerprint density at radius 1 is 1.21 bits per heavy atom. The molecule has 0 aromatic heterocycles. The SMILES string of the molecule is CC(C)(C)C(=O)CS(=O)c1ccc2c(c1)OCCO2. The molecule has 0 saturated carbocycles. The highest BCUT2D eigenvalue weighted by atomic mass is 32.2. The Balaban J connectivity index is 2.14. The second kappa shape index (κ2) is 5.33. The maximum atomic E-state index is 12.2. The minimum absolute atomic E-state index is 0.0132. The van der Waals surface area contributed by atoms with E-state index in [9.17, 15) is 9.00 Å². The molecule has 0 N–H and O–H groups in total. The van der Waals surface area contributed by atoms with E-state index in [-0.39, 0.29) is 11.5 Å². The summed E-state index contributed by atoms with van der Waals surface area (Å²) in [5.41, 5.74) is -0.469. The van der Waals surface area contributed by atoms with E-state index in [2.05, 4.69) is 0 Å². The number of Topliss-reactive ketones (excluding diaryl/α,β-unsaturated/α-hetero) is 1. The first kappa shape index (κ1) is 14.1. The van der Waals surface area contributed by atoms with Crippen molar-refractivity contribution in [3.05, 3.63) is 18.2 Å². The lowest BCUT2D eigenvalue weighted by Crippen LogP contribution is -2.25. The molecule has 1 atom stereocenters. The first-order chi connectivity index (χ1) is 8.88. The van der Waals surface area contributed by atoms with Gasteiger partial charge in [0.1, 0.15) is 13.2 Å². The van der Waals surface area contributed by atoms with Gasteiger partial charge >= 0.3 is 0 Å². The molecule has 0 amide bonds. The number of benzene rings is 1. The van der Waals surface area contributed by atoms with Crippen LogP contribution in [0.25, 0.3) is 0 Å². The zero-order valence-electron chi connectivity index (χ0n) is 11.4. The largest absolute Gasteiger partial charge is 0.486 e.